The Hall–Kier alpha value is -0.240. The van der Waals surface area contributed by atoms with Crippen LogP contribution in [0.3, 0.4) is 0 Å². The number of aliphatic hydroxyl groups is 2. The van der Waals surface area contributed by atoms with Crippen LogP contribution in [0.25, 0.3) is 0 Å². The summed E-state index contributed by atoms with van der Waals surface area (Å²) in [7, 11) is 0. The summed E-state index contributed by atoms with van der Waals surface area (Å²) in [6.45, 7) is 22.8. The van der Waals surface area contributed by atoms with Gasteiger partial charge in [0, 0.05) is 0 Å². The smallest absolute Gasteiger partial charge is 0.102 e. The summed E-state index contributed by atoms with van der Waals surface area (Å²) in [6.07, 6.45) is 3.67. The minimum atomic E-state index is 0. The first-order valence-corrected chi connectivity index (χ1v) is 9.90. The molecule has 0 rings (SSSR count). The number of hydrogen-bond donors (Lipinski definition) is 2. The lowest BCUT2D eigenvalue weighted by molar-refractivity contribution is -0.928. The molecule has 158 valence electrons. The fourth-order valence-electron chi connectivity index (χ4n) is 3.66. The summed E-state index contributed by atoms with van der Waals surface area (Å²) < 4.78 is 2.18. The first kappa shape index (κ1) is 32.4. The van der Waals surface area contributed by atoms with Gasteiger partial charge in [0.05, 0.1) is 52.5 Å². The summed E-state index contributed by atoms with van der Waals surface area (Å²) in [6, 6.07) is 0. The molecule has 0 saturated heterocycles. The topological polar surface area (TPSA) is 100 Å². The van der Waals surface area contributed by atoms with Crippen molar-refractivity contribution in [3.05, 3.63) is 0 Å². The maximum absolute atomic E-state index is 9.07. The van der Waals surface area contributed by atoms with Gasteiger partial charge in [0.15, 0.2) is 0 Å². The molecule has 0 aromatic rings. The van der Waals surface area contributed by atoms with Crippen molar-refractivity contribution in [2.75, 3.05) is 65.6 Å². The molecule has 0 heterocycles. The van der Waals surface area contributed by atoms with Gasteiger partial charge in [0.25, 0.3) is 0 Å². The zero-order chi connectivity index (χ0) is 18.2. The second-order valence-electron chi connectivity index (χ2n) is 6.70. The van der Waals surface area contributed by atoms with Crippen molar-refractivity contribution in [1.29, 1.82) is 0 Å². The lowest BCUT2D eigenvalue weighted by atomic mass is 10.2. The zero-order valence-corrected chi connectivity index (χ0v) is 17.9. The Balaban J connectivity index is -0.000000168. The maximum Gasteiger partial charge on any atom is 0.102 e. The van der Waals surface area contributed by atoms with E-state index in [1.807, 2.05) is 0 Å². The van der Waals surface area contributed by atoms with E-state index < -0.39 is 0 Å². The third kappa shape index (κ3) is 13.6. The van der Waals surface area contributed by atoms with Gasteiger partial charge in [0.2, 0.25) is 0 Å². The standard InChI is InChI=1S/C11H26NO.C8H20NO.2H2O/c1-4-7-12(8-5-2,9-6-3)10-11-13;1-4-9(5-2,6-3)7-8-10;;/h13H,4-11H2,1-3H3;10H,4-8H2,1-3H3;2*1H2/q2*+1;;/p-2. The van der Waals surface area contributed by atoms with E-state index in [4.69, 9.17) is 10.2 Å². The number of quaternary nitrogens is 2. The molecule has 0 aliphatic carbocycles. The average Bonchev–Trinajstić information content (AvgIpc) is 2.54. The van der Waals surface area contributed by atoms with Crippen molar-refractivity contribution in [3.63, 3.8) is 0 Å². The van der Waals surface area contributed by atoms with E-state index in [2.05, 4.69) is 41.5 Å². The molecule has 0 amide bonds. The summed E-state index contributed by atoms with van der Waals surface area (Å²) in [5.74, 6) is 0. The third-order valence-corrected chi connectivity index (χ3v) is 5.25. The molecule has 0 fully saturated rings. The fraction of sp³-hybridized carbons (Fsp3) is 1.00. The van der Waals surface area contributed by atoms with Crippen LogP contribution in [0.5, 0.6) is 0 Å². The van der Waals surface area contributed by atoms with Gasteiger partial charge in [-0.2, -0.15) is 0 Å². The lowest BCUT2D eigenvalue weighted by Crippen LogP contribution is -2.51. The monoisotopic (exact) mass is 368 g/mol. The highest BCUT2D eigenvalue weighted by atomic mass is 16.3. The Morgan fingerprint density at radius 2 is 0.760 bits per heavy atom. The van der Waals surface area contributed by atoms with E-state index >= 15 is 0 Å². The molecule has 4 N–H and O–H groups in total. The van der Waals surface area contributed by atoms with Crippen molar-refractivity contribution >= 4 is 0 Å². The van der Waals surface area contributed by atoms with E-state index in [0.29, 0.717) is 13.2 Å². The SMILES string of the molecule is CCC[N+](CCC)(CCC)CCO.CC[N+](CC)(CC)CCO.[OH-].[OH-]. The predicted octanol–water partition coefficient (Wildman–Crippen LogP) is 2.53. The average molecular weight is 369 g/mol. The number of aliphatic hydroxyl groups excluding tert-OH is 2. The highest BCUT2D eigenvalue weighted by Crippen LogP contribution is 2.10. The minimum absolute atomic E-state index is 0. The van der Waals surface area contributed by atoms with E-state index in [1.165, 1.54) is 38.9 Å². The largest absolute Gasteiger partial charge is 0.870 e. The van der Waals surface area contributed by atoms with Crippen LogP contribution in [0.15, 0.2) is 0 Å². The fourth-order valence-corrected chi connectivity index (χ4v) is 3.66. The molecule has 0 aromatic carbocycles. The second-order valence-corrected chi connectivity index (χ2v) is 6.70. The number of nitrogens with zero attached hydrogens (tertiary/aromatic N) is 2. The van der Waals surface area contributed by atoms with Crippen LogP contribution in [0.4, 0.5) is 0 Å². The Morgan fingerprint density at radius 3 is 0.920 bits per heavy atom. The molecule has 25 heavy (non-hydrogen) atoms. The van der Waals surface area contributed by atoms with Crippen LogP contribution >= 0.6 is 0 Å². The van der Waals surface area contributed by atoms with Gasteiger partial charge in [-0.15, -0.1) is 0 Å². The van der Waals surface area contributed by atoms with Crippen molar-refractivity contribution in [3.8, 4) is 0 Å². The van der Waals surface area contributed by atoms with Crippen LogP contribution in [-0.4, -0.2) is 95.7 Å². The van der Waals surface area contributed by atoms with Crippen molar-refractivity contribution in [2.45, 2.75) is 60.8 Å². The quantitative estimate of drug-likeness (QED) is 0.488. The van der Waals surface area contributed by atoms with E-state index in [1.54, 1.807) is 0 Å². The summed E-state index contributed by atoms with van der Waals surface area (Å²) in [5.41, 5.74) is 0. The molecule has 6 heteroatoms. The molecule has 6 nitrogen and oxygen atoms in total. The number of likely N-dealkylation sites (N-methyl/N-ethyl adjacent to an activating group) is 1. The molecular weight excluding hydrogens is 320 g/mol. The van der Waals surface area contributed by atoms with Crippen LogP contribution in [-0.2, 0) is 0 Å². The van der Waals surface area contributed by atoms with Crippen LogP contribution in [0.1, 0.15) is 60.8 Å². The lowest BCUT2D eigenvalue weighted by Gasteiger charge is -2.38. The second kappa shape index (κ2) is 20.1. The Kier molecular flexibility index (Phi) is 26.0. The van der Waals surface area contributed by atoms with Crippen molar-refractivity contribution in [1.82, 2.24) is 0 Å². The first-order valence-electron chi connectivity index (χ1n) is 9.90. The minimum Gasteiger partial charge on any atom is -0.870 e. The molecule has 0 radical (unpaired) electrons. The Bertz CT molecular complexity index is 212. The van der Waals surface area contributed by atoms with Crippen molar-refractivity contribution < 1.29 is 30.1 Å². The van der Waals surface area contributed by atoms with E-state index in [0.717, 1.165) is 41.7 Å². The van der Waals surface area contributed by atoms with E-state index in [-0.39, 0.29) is 11.0 Å². The number of hydrogen-bond acceptors (Lipinski definition) is 4. The highest BCUT2D eigenvalue weighted by molar-refractivity contribution is 4.44. The predicted molar refractivity (Wildman–Crippen MR) is 105 cm³/mol. The molecule has 0 bridgehead atoms. The summed E-state index contributed by atoms with van der Waals surface area (Å²) in [4.78, 5) is 0. The van der Waals surface area contributed by atoms with Gasteiger partial charge in [-0.25, -0.2) is 0 Å². The molecular formula is C19H48N2O4. The van der Waals surface area contributed by atoms with Gasteiger partial charge >= 0.3 is 0 Å². The van der Waals surface area contributed by atoms with Gasteiger partial charge < -0.3 is 30.1 Å². The molecule has 0 aliphatic rings. The molecule has 0 aliphatic heterocycles. The highest BCUT2D eigenvalue weighted by Gasteiger charge is 2.23. The number of rotatable bonds is 13. The van der Waals surface area contributed by atoms with Crippen LogP contribution < -0.4 is 0 Å². The van der Waals surface area contributed by atoms with Crippen molar-refractivity contribution in [2.24, 2.45) is 0 Å². The molecule has 0 unspecified atom stereocenters. The summed E-state index contributed by atoms with van der Waals surface area (Å²) >= 11 is 0. The van der Waals surface area contributed by atoms with Gasteiger partial charge in [-0.05, 0) is 40.0 Å². The first-order chi connectivity index (χ1) is 11.0. The molecule has 0 saturated carbocycles. The molecule has 0 atom stereocenters. The van der Waals surface area contributed by atoms with Gasteiger partial charge in [-0.3, -0.25) is 0 Å². The Morgan fingerprint density at radius 1 is 0.480 bits per heavy atom. The zero-order valence-electron chi connectivity index (χ0n) is 17.9. The van der Waals surface area contributed by atoms with Crippen LogP contribution in [0.2, 0.25) is 0 Å². The van der Waals surface area contributed by atoms with Gasteiger partial charge in [0.1, 0.15) is 13.1 Å². The van der Waals surface area contributed by atoms with E-state index in [9.17, 15) is 0 Å². The van der Waals surface area contributed by atoms with Gasteiger partial charge in [-0.1, -0.05) is 20.8 Å². The molecule has 0 spiro atoms. The third-order valence-electron chi connectivity index (χ3n) is 5.25. The molecule has 0 aromatic heterocycles. The normalized spacial score (nSPS) is 11.0. The Labute approximate surface area is 157 Å². The maximum atomic E-state index is 9.07. The summed E-state index contributed by atoms with van der Waals surface area (Å²) in [5, 5.41) is 17.8. The van der Waals surface area contributed by atoms with Crippen LogP contribution in [0, 0.1) is 0 Å².